The van der Waals surface area contributed by atoms with Crippen LogP contribution in [0.1, 0.15) is 16.1 Å². The molecule has 0 radical (unpaired) electrons. The number of methoxy groups -OCH3 is 1. The van der Waals surface area contributed by atoms with Gasteiger partial charge < -0.3 is 4.74 Å². The minimum atomic E-state index is -0.425. The standard InChI is InChI=1S/C18H15FN4O2/c1-25-15-8-4-13(5-9-15)16-10-17(22-21-16)18(24)23-20-11-12-2-6-14(19)7-3-12/h2-11H,1H3,(H,21,22)(H,23,24)/b20-11-. The van der Waals surface area contributed by atoms with Crippen molar-refractivity contribution < 1.29 is 13.9 Å². The fraction of sp³-hybridized carbons (Fsp3) is 0.0556. The number of carbonyl (C=O) groups is 1. The van der Waals surface area contributed by atoms with Gasteiger partial charge in [-0.15, -0.1) is 0 Å². The second-order valence-corrected chi connectivity index (χ2v) is 5.15. The molecule has 0 saturated carbocycles. The van der Waals surface area contributed by atoms with Gasteiger partial charge in [-0.3, -0.25) is 9.89 Å². The molecule has 0 spiro atoms. The van der Waals surface area contributed by atoms with E-state index in [2.05, 4.69) is 20.7 Å². The Hall–Kier alpha value is -3.48. The molecule has 0 bridgehead atoms. The maximum absolute atomic E-state index is 12.8. The highest BCUT2D eigenvalue weighted by molar-refractivity contribution is 5.94. The number of rotatable bonds is 5. The molecule has 0 unspecified atom stereocenters. The highest BCUT2D eigenvalue weighted by atomic mass is 19.1. The average Bonchev–Trinajstić information content (AvgIpc) is 3.13. The van der Waals surface area contributed by atoms with Gasteiger partial charge in [-0.25, -0.2) is 9.82 Å². The van der Waals surface area contributed by atoms with Gasteiger partial charge in [0, 0.05) is 5.56 Å². The molecule has 25 heavy (non-hydrogen) atoms. The summed E-state index contributed by atoms with van der Waals surface area (Å²) in [7, 11) is 1.60. The quantitative estimate of drug-likeness (QED) is 0.554. The minimum absolute atomic E-state index is 0.280. The lowest BCUT2D eigenvalue weighted by Gasteiger charge is -2.00. The van der Waals surface area contributed by atoms with E-state index in [9.17, 15) is 9.18 Å². The predicted octanol–water partition coefficient (Wildman–Crippen LogP) is 2.99. The summed E-state index contributed by atoms with van der Waals surface area (Å²) in [5.41, 5.74) is 4.83. The highest BCUT2D eigenvalue weighted by Crippen LogP contribution is 2.21. The van der Waals surface area contributed by atoms with Gasteiger partial charge in [-0.05, 0) is 48.0 Å². The zero-order chi connectivity index (χ0) is 17.6. The Labute approximate surface area is 143 Å². The first-order chi connectivity index (χ1) is 12.2. The van der Waals surface area contributed by atoms with Crippen molar-refractivity contribution in [2.24, 2.45) is 5.10 Å². The lowest BCUT2D eigenvalue weighted by Crippen LogP contribution is -2.17. The van der Waals surface area contributed by atoms with Gasteiger partial charge in [0.15, 0.2) is 0 Å². The Kier molecular flexibility index (Phi) is 4.84. The van der Waals surface area contributed by atoms with Gasteiger partial charge in [0.1, 0.15) is 17.3 Å². The van der Waals surface area contributed by atoms with E-state index in [0.717, 1.165) is 11.3 Å². The van der Waals surface area contributed by atoms with Crippen LogP contribution in [0.3, 0.4) is 0 Å². The first-order valence-electron chi connectivity index (χ1n) is 7.44. The zero-order valence-electron chi connectivity index (χ0n) is 13.4. The summed E-state index contributed by atoms with van der Waals surface area (Å²) in [5, 5.41) is 10.6. The van der Waals surface area contributed by atoms with Crippen molar-refractivity contribution in [2.45, 2.75) is 0 Å². The summed E-state index contributed by atoms with van der Waals surface area (Å²) in [6, 6.07) is 14.7. The van der Waals surface area contributed by atoms with E-state index in [1.165, 1.54) is 18.3 Å². The van der Waals surface area contributed by atoms with Gasteiger partial charge in [0.2, 0.25) is 0 Å². The number of nitrogens with one attached hydrogen (secondary N) is 2. The molecule has 0 fully saturated rings. The van der Waals surface area contributed by atoms with Crippen molar-refractivity contribution in [3.63, 3.8) is 0 Å². The molecule has 0 saturated heterocycles. The number of hydrazone groups is 1. The third kappa shape index (κ3) is 4.08. The molecule has 7 heteroatoms. The van der Waals surface area contributed by atoms with Crippen molar-refractivity contribution in [3.05, 3.63) is 71.7 Å². The second kappa shape index (κ2) is 7.39. The minimum Gasteiger partial charge on any atom is -0.497 e. The van der Waals surface area contributed by atoms with Crippen LogP contribution in [0.4, 0.5) is 4.39 Å². The Bertz CT molecular complexity index is 886. The van der Waals surface area contributed by atoms with E-state index < -0.39 is 5.91 Å². The van der Waals surface area contributed by atoms with Crippen LogP contribution in [0.5, 0.6) is 5.75 Å². The van der Waals surface area contributed by atoms with Gasteiger partial charge in [0.05, 0.1) is 19.0 Å². The summed E-state index contributed by atoms with van der Waals surface area (Å²) >= 11 is 0. The Morgan fingerprint density at radius 3 is 2.60 bits per heavy atom. The fourth-order valence-electron chi connectivity index (χ4n) is 2.12. The summed E-state index contributed by atoms with van der Waals surface area (Å²) in [6.45, 7) is 0. The Morgan fingerprint density at radius 1 is 1.20 bits per heavy atom. The maximum atomic E-state index is 12.8. The normalized spacial score (nSPS) is 10.8. The summed E-state index contributed by atoms with van der Waals surface area (Å²) in [5.74, 6) is -0.0114. The first-order valence-corrected chi connectivity index (χ1v) is 7.44. The van der Waals surface area contributed by atoms with Gasteiger partial charge in [-0.1, -0.05) is 12.1 Å². The van der Waals surface area contributed by atoms with Crippen LogP contribution in [-0.4, -0.2) is 29.4 Å². The number of nitrogens with zero attached hydrogens (tertiary/aromatic N) is 2. The van der Waals surface area contributed by atoms with Crippen molar-refractivity contribution in [1.29, 1.82) is 0 Å². The topological polar surface area (TPSA) is 79.4 Å². The number of hydrogen-bond acceptors (Lipinski definition) is 4. The van der Waals surface area contributed by atoms with Crippen LogP contribution in [-0.2, 0) is 0 Å². The Balaban J connectivity index is 1.64. The molecular formula is C18H15FN4O2. The van der Waals surface area contributed by atoms with E-state index >= 15 is 0 Å². The first kappa shape index (κ1) is 16.4. The molecule has 2 N–H and O–H groups in total. The number of halogens is 1. The van der Waals surface area contributed by atoms with Crippen LogP contribution < -0.4 is 10.2 Å². The second-order valence-electron chi connectivity index (χ2n) is 5.15. The Morgan fingerprint density at radius 2 is 1.92 bits per heavy atom. The molecule has 6 nitrogen and oxygen atoms in total. The van der Waals surface area contributed by atoms with E-state index in [-0.39, 0.29) is 11.5 Å². The zero-order valence-corrected chi connectivity index (χ0v) is 13.4. The summed E-state index contributed by atoms with van der Waals surface area (Å²) < 4.78 is 17.9. The van der Waals surface area contributed by atoms with E-state index in [4.69, 9.17) is 4.74 Å². The number of aromatic amines is 1. The largest absolute Gasteiger partial charge is 0.497 e. The lowest BCUT2D eigenvalue weighted by molar-refractivity contribution is 0.0950. The molecule has 0 atom stereocenters. The smallest absolute Gasteiger partial charge is 0.289 e. The van der Waals surface area contributed by atoms with Crippen molar-refractivity contribution in [3.8, 4) is 17.0 Å². The number of carbonyl (C=O) groups excluding carboxylic acids is 1. The van der Waals surface area contributed by atoms with Gasteiger partial charge >= 0.3 is 0 Å². The third-order valence-corrected chi connectivity index (χ3v) is 3.46. The monoisotopic (exact) mass is 338 g/mol. The highest BCUT2D eigenvalue weighted by Gasteiger charge is 2.10. The molecular weight excluding hydrogens is 323 g/mol. The maximum Gasteiger partial charge on any atom is 0.289 e. The molecule has 0 aliphatic carbocycles. The predicted molar refractivity (Wildman–Crippen MR) is 92.0 cm³/mol. The molecule has 126 valence electrons. The van der Waals surface area contributed by atoms with E-state index in [1.807, 2.05) is 24.3 Å². The van der Waals surface area contributed by atoms with Crippen LogP contribution in [0.25, 0.3) is 11.3 Å². The third-order valence-electron chi connectivity index (χ3n) is 3.46. The van der Waals surface area contributed by atoms with Crippen LogP contribution in [0, 0.1) is 5.82 Å². The summed E-state index contributed by atoms with van der Waals surface area (Å²) in [6.07, 6.45) is 1.43. The van der Waals surface area contributed by atoms with Crippen LogP contribution in [0.2, 0.25) is 0 Å². The molecule has 0 aliphatic rings. The molecule has 1 aromatic heterocycles. The fourth-order valence-corrected chi connectivity index (χ4v) is 2.12. The van der Waals surface area contributed by atoms with Crippen molar-refractivity contribution in [2.75, 3.05) is 7.11 Å². The van der Waals surface area contributed by atoms with E-state index in [1.54, 1.807) is 25.3 Å². The summed E-state index contributed by atoms with van der Waals surface area (Å²) in [4.78, 5) is 12.1. The molecule has 1 amide bonds. The van der Waals surface area contributed by atoms with Gasteiger partial charge in [-0.2, -0.15) is 10.2 Å². The molecule has 2 aromatic carbocycles. The molecule has 0 aliphatic heterocycles. The van der Waals surface area contributed by atoms with Crippen molar-refractivity contribution >= 4 is 12.1 Å². The number of aromatic nitrogens is 2. The van der Waals surface area contributed by atoms with E-state index in [0.29, 0.717) is 11.3 Å². The number of amides is 1. The van der Waals surface area contributed by atoms with Gasteiger partial charge in [0.25, 0.3) is 5.91 Å². The molecule has 3 rings (SSSR count). The molecule has 3 aromatic rings. The number of benzene rings is 2. The number of hydrogen-bond donors (Lipinski definition) is 2. The van der Waals surface area contributed by atoms with Crippen molar-refractivity contribution in [1.82, 2.24) is 15.6 Å². The lowest BCUT2D eigenvalue weighted by atomic mass is 10.1. The number of ether oxygens (including phenoxy) is 1. The average molecular weight is 338 g/mol. The molecule has 1 heterocycles. The number of H-pyrrole nitrogens is 1. The van der Waals surface area contributed by atoms with Crippen LogP contribution >= 0.6 is 0 Å². The SMILES string of the molecule is COc1ccc(-c2cc(C(=O)N/N=C\c3ccc(F)cc3)[nH]n2)cc1. The van der Waals surface area contributed by atoms with Crippen LogP contribution in [0.15, 0.2) is 59.7 Å².